The molecule has 0 spiro atoms. The summed E-state index contributed by atoms with van der Waals surface area (Å²) < 4.78 is 5.36. The number of carbonyl (C=O) groups is 1. The largest absolute Gasteiger partial charge is 0.355 e. The standard InChI is InChI=1S/C18H21N3O2/c1-13-12-20(15-7-8-15)9-10-21(13)18(22)16-11-17(23-19-16)14-5-3-2-4-6-14/h2-6,11,13,15H,7-10,12H2,1H3. The molecule has 2 heterocycles. The van der Waals surface area contributed by atoms with Crippen LogP contribution in [-0.4, -0.2) is 52.6 Å². The molecule has 5 nitrogen and oxygen atoms in total. The maximum Gasteiger partial charge on any atom is 0.276 e. The SMILES string of the molecule is CC1CN(C2CC2)CCN1C(=O)c1cc(-c2ccccc2)on1. The Morgan fingerprint density at radius 2 is 2.00 bits per heavy atom. The number of benzene rings is 1. The zero-order valence-electron chi connectivity index (χ0n) is 13.3. The first-order valence-electron chi connectivity index (χ1n) is 8.29. The van der Waals surface area contributed by atoms with Crippen molar-refractivity contribution in [3.8, 4) is 11.3 Å². The van der Waals surface area contributed by atoms with Crippen molar-refractivity contribution in [3.05, 3.63) is 42.1 Å². The predicted octanol–water partition coefficient (Wildman–Crippen LogP) is 2.65. The predicted molar refractivity (Wildman–Crippen MR) is 87.0 cm³/mol. The molecule has 1 aliphatic carbocycles. The summed E-state index contributed by atoms with van der Waals surface area (Å²) in [6.07, 6.45) is 2.62. The zero-order valence-corrected chi connectivity index (χ0v) is 13.3. The topological polar surface area (TPSA) is 49.6 Å². The number of carbonyl (C=O) groups excluding carboxylic acids is 1. The van der Waals surface area contributed by atoms with Gasteiger partial charge in [0.1, 0.15) is 0 Å². The number of piperazine rings is 1. The van der Waals surface area contributed by atoms with E-state index in [1.165, 1.54) is 12.8 Å². The molecule has 1 aliphatic heterocycles. The van der Waals surface area contributed by atoms with Gasteiger partial charge in [-0.15, -0.1) is 0 Å². The summed E-state index contributed by atoms with van der Waals surface area (Å²) in [5.41, 5.74) is 1.33. The van der Waals surface area contributed by atoms with Crippen LogP contribution in [0.3, 0.4) is 0 Å². The number of aromatic nitrogens is 1. The zero-order chi connectivity index (χ0) is 15.8. The van der Waals surface area contributed by atoms with Gasteiger partial charge in [-0.25, -0.2) is 0 Å². The first-order chi connectivity index (χ1) is 11.2. The molecule has 0 bridgehead atoms. The Kier molecular flexibility index (Phi) is 3.65. The van der Waals surface area contributed by atoms with Gasteiger partial charge in [0.2, 0.25) is 0 Å². The second-order valence-electron chi connectivity index (χ2n) is 6.52. The summed E-state index contributed by atoms with van der Waals surface area (Å²) in [4.78, 5) is 17.2. The Bertz CT molecular complexity index is 693. The van der Waals surface area contributed by atoms with E-state index in [4.69, 9.17) is 4.52 Å². The molecule has 120 valence electrons. The molecule has 0 radical (unpaired) electrons. The summed E-state index contributed by atoms with van der Waals surface area (Å²) in [5.74, 6) is 0.608. The van der Waals surface area contributed by atoms with E-state index in [0.717, 1.165) is 31.2 Å². The van der Waals surface area contributed by atoms with Crippen molar-refractivity contribution in [2.75, 3.05) is 19.6 Å². The highest BCUT2D eigenvalue weighted by atomic mass is 16.5. The lowest BCUT2D eigenvalue weighted by Crippen LogP contribution is -2.54. The van der Waals surface area contributed by atoms with Crippen LogP contribution in [0.15, 0.2) is 40.9 Å². The van der Waals surface area contributed by atoms with Crippen molar-refractivity contribution in [1.82, 2.24) is 15.0 Å². The minimum atomic E-state index is -0.0288. The maximum absolute atomic E-state index is 12.7. The number of hydrogen-bond acceptors (Lipinski definition) is 4. The first kappa shape index (κ1) is 14.5. The summed E-state index contributed by atoms with van der Waals surface area (Å²) in [7, 11) is 0. The van der Waals surface area contributed by atoms with Gasteiger partial charge in [-0.2, -0.15) is 0 Å². The summed E-state index contributed by atoms with van der Waals surface area (Å²) in [5, 5.41) is 3.99. The molecular formula is C18H21N3O2. The van der Waals surface area contributed by atoms with Crippen LogP contribution in [0.1, 0.15) is 30.3 Å². The quantitative estimate of drug-likeness (QED) is 0.874. The smallest absolute Gasteiger partial charge is 0.276 e. The Morgan fingerprint density at radius 1 is 1.22 bits per heavy atom. The van der Waals surface area contributed by atoms with Crippen molar-refractivity contribution in [1.29, 1.82) is 0 Å². The van der Waals surface area contributed by atoms with Crippen molar-refractivity contribution in [2.45, 2.75) is 31.8 Å². The normalized spacial score (nSPS) is 22.3. The molecule has 1 saturated carbocycles. The Morgan fingerprint density at radius 3 is 2.70 bits per heavy atom. The molecule has 0 N–H and O–H groups in total. The summed E-state index contributed by atoms with van der Waals surface area (Å²) in [6.45, 7) is 4.80. The third-order valence-electron chi connectivity index (χ3n) is 4.77. The third-order valence-corrected chi connectivity index (χ3v) is 4.77. The first-order valence-corrected chi connectivity index (χ1v) is 8.29. The van der Waals surface area contributed by atoms with Gasteiger partial charge in [0.25, 0.3) is 5.91 Å². The van der Waals surface area contributed by atoms with E-state index in [2.05, 4.69) is 17.0 Å². The van der Waals surface area contributed by atoms with Gasteiger partial charge >= 0.3 is 0 Å². The molecule has 1 unspecified atom stereocenters. The van der Waals surface area contributed by atoms with Gasteiger partial charge in [-0.1, -0.05) is 35.5 Å². The molecule has 1 aromatic carbocycles. The third kappa shape index (κ3) is 2.88. The maximum atomic E-state index is 12.7. The van der Waals surface area contributed by atoms with Crippen molar-refractivity contribution in [2.24, 2.45) is 0 Å². The molecular weight excluding hydrogens is 290 g/mol. The molecule has 5 heteroatoms. The van der Waals surface area contributed by atoms with Crippen LogP contribution in [-0.2, 0) is 0 Å². The fourth-order valence-electron chi connectivity index (χ4n) is 3.32. The Balaban J connectivity index is 1.48. The molecule has 4 rings (SSSR count). The minimum absolute atomic E-state index is 0.0288. The number of rotatable bonds is 3. The lowest BCUT2D eigenvalue weighted by molar-refractivity contribution is 0.0464. The highest BCUT2D eigenvalue weighted by Gasteiger charge is 2.36. The van der Waals surface area contributed by atoms with Gasteiger partial charge in [0.05, 0.1) is 0 Å². The van der Waals surface area contributed by atoms with Crippen LogP contribution in [0.4, 0.5) is 0 Å². The molecule has 2 aromatic rings. The Labute approximate surface area is 135 Å². The fourth-order valence-corrected chi connectivity index (χ4v) is 3.32. The van der Waals surface area contributed by atoms with Gasteiger partial charge in [-0.05, 0) is 19.8 Å². The molecule has 1 saturated heterocycles. The van der Waals surface area contributed by atoms with Crippen molar-refractivity contribution in [3.63, 3.8) is 0 Å². The van der Waals surface area contributed by atoms with E-state index in [9.17, 15) is 4.79 Å². The van der Waals surface area contributed by atoms with E-state index < -0.39 is 0 Å². The van der Waals surface area contributed by atoms with E-state index >= 15 is 0 Å². The van der Waals surface area contributed by atoms with Crippen LogP contribution in [0.5, 0.6) is 0 Å². The van der Waals surface area contributed by atoms with E-state index in [-0.39, 0.29) is 11.9 Å². The van der Waals surface area contributed by atoms with Crippen LogP contribution < -0.4 is 0 Å². The van der Waals surface area contributed by atoms with E-state index in [1.807, 2.05) is 35.2 Å². The van der Waals surface area contributed by atoms with Crippen LogP contribution >= 0.6 is 0 Å². The van der Waals surface area contributed by atoms with Crippen LogP contribution in [0.2, 0.25) is 0 Å². The lowest BCUT2D eigenvalue weighted by Gasteiger charge is -2.39. The van der Waals surface area contributed by atoms with Crippen LogP contribution in [0, 0.1) is 0 Å². The highest BCUT2D eigenvalue weighted by molar-refractivity contribution is 5.93. The van der Waals surface area contributed by atoms with Gasteiger partial charge in [-0.3, -0.25) is 9.69 Å². The summed E-state index contributed by atoms with van der Waals surface area (Å²) in [6, 6.07) is 12.5. The van der Waals surface area contributed by atoms with E-state index in [1.54, 1.807) is 6.07 Å². The molecule has 1 atom stereocenters. The molecule has 2 aliphatic rings. The molecule has 1 amide bonds. The van der Waals surface area contributed by atoms with E-state index in [0.29, 0.717) is 11.5 Å². The monoisotopic (exact) mass is 311 g/mol. The Hall–Kier alpha value is -2.14. The molecule has 1 aromatic heterocycles. The van der Waals surface area contributed by atoms with Crippen molar-refractivity contribution >= 4 is 5.91 Å². The van der Waals surface area contributed by atoms with Gasteiger partial charge in [0.15, 0.2) is 11.5 Å². The highest BCUT2D eigenvalue weighted by Crippen LogP contribution is 2.29. The average Bonchev–Trinajstić information content (AvgIpc) is 3.32. The summed E-state index contributed by atoms with van der Waals surface area (Å²) >= 11 is 0. The van der Waals surface area contributed by atoms with Crippen LogP contribution in [0.25, 0.3) is 11.3 Å². The lowest BCUT2D eigenvalue weighted by atomic mass is 10.1. The number of hydrogen-bond donors (Lipinski definition) is 0. The second-order valence-corrected chi connectivity index (χ2v) is 6.52. The van der Waals surface area contributed by atoms with Gasteiger partial charge < -0.3 is 9.42 Å². The fraction of sp³-hybridized carbons (Fsp3) is 0.444. The number of amides is 1. The van der Waals surface area contributed by atoms with Gasteiger partial charge in [0, 0.05) is 43.3 Å². The minimum Gasteiger partial charge on any atom is -0.355 e. The second kappa shape index (κ2) is 5.81. The molecule has 23 heavy (non-hydrogen) atoms. The van der Waals surface area contributed by atoms with Crippen molar-refractivity contribution < 1.29 is 9.32 Å². The average molecular weight is 311 g/mol. The number of nitrogens with zero attached hydrogens (tertiary/aromatic N) is 3. The molecule has 2 fully saturated rings.